The van der Waals surface area contributed by atoms with Crippen molar-refractivity contribution < 1.29 is 4.79 Å². The second kappa shape index (κ2) is 8.02. The van der Waals surface area contributed by atoms with Gasteiger partial charge >= 0.3 is 0 Å². The third-order valence-electron chi connectivity index (χ3n) is 5.80. The van der Waals surface area contributed by atoms with Crippen LogP contribution in [0.5, 0.6) is 0 Å². The summed E-state index contributed by atoms with van der Waals surface area (Å²) in [5.41, 5.74) is 5.91. The topological polar surface area (TPSA) is 81.3 Å². The Morgan fingerprint density at radius 2 is 1.64 bits per heavy atom. The molecule has 0 spiro atoms. The number of rotatable bonds is 4. The van der Waals surface area contributed by atoms with Gasteiger partial charge in [-0.2, -0.15) is 4.98 Å². The summed E-state index contributed by atoms with van der Waals surface area (Å²) in [7, 11) is 0. The first kappa shape index (κ1) is 20.6. The van der Waals surface area contributed by atoms with E-state index in [4.69, 9.17) is 0 Å². The second-order valence-corrected chi connectivity index (χ2v) is 8.26. The molecule has 0 saturated carbocycles. The lowest BCUT2D eigenvalue weighted by Crippen LogP contribution is -2.24. The van der Waals surface area contributed by atoms with Crippen LogP contribution in [0.4, 0.5) is 5.69 Å². The molecule has 0 aliphatic rings. The zero-order valence-electron chi connectivity index (χ0n) is 18.7. The molecule has 5 rings (SSSR count). The number of benzene rings is 3. The van der Waals surface area contributed by atoms with Gasteiger partial charge in [-0.3, -0.25) is 14.2 Å². The molecule has 1 amide bonds. The number of aryl methyl sites for hydroxylation is 3. The molecule has 33 heavy (non-hydrogen) atoms. The lowest BCUT2D eigenvalue weighted by Gasteiger charge is -2.12. The van der Waals surface area contributed by atoms with Crippen LogP contribution in [0.1, 0.15) is 32.9 Å². The molecule has 7 nitrogen and oxygen atoms in total. The first-order valence-electron chi connectivity index (χ1n) is 10.7. The Labute approximate surface area is 190 Å². The molecule has 2 aromatic heterocycles. The molecule has 0 saturated heterocycles. The summed E-state index contributed by atoms with van der Waals surface area (Å²) in [6.07, 6.45) is 0. The van der Waals surface area contributed by atoms with Crippen LogP contribution in [0.15, 0.2) is 71.5 Å². The van der Waals surface area contributed by atoms with Crippen LogP contribution in [0.3, 0.4) is 0 Å². The number of aromatic nitrogens is 4. The van der Waals surface area contributed by atoms with Gasteiger partial charge in [0.05, 0.1) is 17.6 Å². The third kappa shape index (κ3) is 3.67. The minimum absolute atomic E-state index is 0.0471. The van der Waals surface area contributed by atoms with E-state index in [1.54, 1.807) is 4.57 Å². The maximum Gasteiger partial charge on any atom is 0.296 e. The summed E-state index contributed by atoms with van der Waals surface area (Å²) in [6, 6.07) is 21.4. The molecule has 0 atom stereocenters. The van der Waals surface area contributed by atoms with E-state index in [0.29, 0.717) is 12.1 Å². The van der Waals surface area contributed by atoms with Crippen molar-refractivity contribution in [2.45, 2.75) is 27.3 Å². The molecule has 7 heteroatoms. The fourth-order valence-corrected chi connectivity index (χ4v) is 4.08. The van der Waals surface area contributed by atoms with Crippen molar-refractivity contribution in [1.82, 2.24) is 19.2 Å². The number of carbonyl (C=O) groups excluding carboxylic acids is 1. The van der Waals surface area contributed by atoms with Crippen molar-refractivity contribution in [2.24, 2.45) is 0 Å². The quantitative estimate of drug-likeness (QED) is 0.455. The monoisotopic (exact) mass is 437 g/mol. The maximum atomic E-state index is 13.5. The van der Waals surface area contributed by atoms with E-state index in [9.17, 15) is 9.59 Å². The summed E-state index contributed by atoms with van der Waals surface area (Å²) in [5.74, 6) is -0.500. The zero-order valence-corrected chi connectivity index (χ0v) is 18.7. The van der Waals surface area contributed by atoms with E-state index in [2.05, 4.69) is 15.4 Å². The number of fused-ring (bicyclic) bond motifs is 3. The van der Waals surface area contributed by atoms with Gasteiger partial charge in [0.1, 0.15) is 0 Å². The summed E-state index contributed by atoms with van der Waals surface area (Å²) in [4.78, 5) is 30.8. The highest BCUT2D eigenvalue weighted by atomic mass is 16.2. The molecule has 164 valence electrons. The number of hydrogen-bond donors (Lipinski definition) is 1. The molecule has 2 heterocycles. The predicted octanol–water partition coefficient (Wildman–Crippen LogP) is 4.27. The lowest BCUT2D eigenvalue weighted by molar-refractivity contribution is 0.101. The third-order valence-corrected chi connectivity index (χ3v) is 5.80. The van der Waals surface area contributed by atoms with Crippen LogP contribution in [0, 0.1) is 20.8 Å². The number of nitrogens with one attached hydrogen (secondary N) is 1. The Kier molecular flexibility index (Phi) is 5.01. The van der Waals surface area contributed by atoms with Crippen molar-refractivity contribution >= 4 is 28.3 Å². The maximum absolute atomic E-state index is 13.5. The molecule has 0 aliphatic carbocycles. The molecular formula is C26H23N5O2. The Bertz CT molecular complexity index is 1560. The number of hydrogen-bond acceptors (Lipinski definition) is 4. The van der Waals surface area contributed by atoms with Crippen LogP contribution in [-0.4, -0.2) is 25.1 Å². The van der Waals surface area contributed by atoms with Gasteiger partial charge in [-0.15, -0.1) is 5.10 Å². The number of nitrogens with zero attached hydrogens (tertiary/aromatic N) is 4. The fraction of sp³-hybridized carbons (Fsp3) is 0.154. The fourth-order valence-electron chi connectivity index (χ4n) is 4.08. The molecule has 1 N–H and O–H groups in total. The van der Waals surface area contributed by atoms with Gasteiger partial charge in [0, 0.05) is 5.69 Å². The van der Waals surface area contributed by atoms with Crippen LogP contribution in [-0.2, 0) is 6.54 Å². The van der Waals surface area contributed by atoms with Crippen molar-refractivity contribution in [2.75, 3.05) is 5.32 Å². The van der Waals surface area contributed by atoms with Crippen molar-refractivity contribution in [3.05, 3.63) is 105 Å². The summed E-state index contributed by atoms with van der Waals surface area (Å²) in [6.45, 7) is 6.23. The Morgan fingerprint density at radius 3 is 2.36 bits per heavy atom. The summed E-state index contributed by atoms with van der Waals surface area (Å²) >= 11 is 0. The lowest BCUT2D eigenvalue weighted by atomic mass is 10.1. The van der Waals surface area contributed by atoms with E-state index in [-0.39, 0.29) is 17.0 Å². The Morgan fingerprint density at radius 1 is 0.909 bits per heavy atom. The number of carbonyl (C=O) groups is 1. The van der Waals surface area contributed by atoms with Gasteiger partial charge in [-0.1, -0.05) is 54.6 Å². The highest BCUT2D eigenvalue weighted by Gasteiger charge is 2.20. The van der Waals surface area contributed by atoms with Gasteiger partial charge in [0.25, 0.3) is 11.5 Å². The second-order valence-electron chi connectivity index (χ2n) is 8.26. The van der Waals surface area contributed by atoms with Gasteiger partial charge < -0.3 is 5.32 Å². The normalized spacial score (nSPS) is 11.2. The molecule has 0 aliphatic heterocycles. The Balaban J connectivity index is 1.66. The first-order chi connectivity index (χ1) is 15.9. The van der Waals surface area contributed by atoms with Crippen LogP contribution in [0.25, 0.3) is 16.7 Å². The summed E-state index contributed by atoms with van der Waals surface area (Å²) < 4.78 is 3.16. The molecule has 5 aromatic rings. The number of anilines is 1. The highest BCUT2D eigenvalue weighted by molar-refractivity contribution is 6.02. The molecule has 0 radical (unpaired) electrons. The molecule has 0 fully saturated rings. The summed E-state index contributed by atoms with van der Waals surface area (Å²) in [5, 5.41) is 7.32. The van der Waals surface area contributed by atoms with Gasteiger partial charge in [-0.25, -0.2) is 4.52 Å². The van der Waals surface area contributed by atoms with Crippen LogP contribution in [0.2, 0.25) is 0 Å². The molecule has 0 bridgehead atoms. The van der Waals surface area contributed by atoms with Gasteiger partial charge in [0.2, 0.25) is 11.5 Å². The average molecular weight is 438 g/mol. The SMILES string of the molecule is Cc1ccc2c(c1)n(Cc1ccccc1)c(=O)c1nc(C(=O)Nc3c(C)cccc3C)nn12. The van der Waals surface area contributed by atoms with E-state index in [1.807, 2.05) is 87.5 Å². The Hall–Kier alpha value is -4.26. The largest absolute Gasteiger partial charge is 0.319 e. The van der Waals surface area contributed by atoms with Crippen molar-refractivity contribution in [3.63, 3.8) is 0 Å². The van der Waals surface area contributed by atoms with Gasteiger partial charge in [-0.05, 0) is 55.2 Å². The van der Waals surface area contributed by atoms with E-state index < -0.39 is 5.91 Å². The van der Waals surface area contributed by atoms with E-state index >= 15 is 0 Å². The van der Waals surface area contributed by atoms with Crippen molar-refractivity contribution in [3.8, 4) is 0 Å². The highest BCUT2D eigenvalue weighted by Crippen LogP contribution is 2.21. The predicted molar refractivity (Wildman–Crippen MR) is 129 cm³/mol. The standard InChI is InChI=1S/C26H23N5O2/c1-16-12-13-20-21(14-16)30(15-19-10-5-4-6-11-19)26(33)24-28-23(29-31(20)24)25(32)27-22-17(2)8-7-9-18(22)3/h4-14H,15H2,1-3H3,(H,27,32). The van der Waals surface area contributed by atoms with E-state index in [1.165, 1.54) is 4.52 Å². The smallest absolute Gasteiger partial charge is 0.296 e. The number of para-hydroxylation sites is 1. The minimum atomic E-state index is -0.453. The molecule has 3 aromatic carbocycles. The first-order valence-corrected chi connectivity index (χ1v) is 10.7. The molecular weight excluding hydrogens is 414 g/mol. The average Bonchev–Trinajstić information content (AvgIpc) is 3.26. The molecule has 0 unspecified atom stereocenters. The number of amides is 1. The van der Waals surface area contributed by atoms with Crippen molar-refractivity contribution in [1.29, 1.82) is 0 Å². The van der Waals surface area contributed by atoms with E-state index in [0.717, 1.165) is 33.5 Å². The minimum Gasteiger partial charge on any atom is -0.319 e. The van der Waals surface area contributed by atoms with Gasteiger partial charge in [0.15, 0.2) is 0 Å². The zero-order chi connectivity index (χ0) is 23.1. The van der Waals surface area contributed by atoms with Crippen LogP contribution >= 0.6 is 0 Å². The van der Waals surface area contributed by atoms with Crippen LogP contribution < -0.4 is 10.9 Å².